The highest BCUT2D eigenvalue weighted by Gasteiger charge is 2.16. The average molecular weight is 366 g/mol. The van der Waals surface area contributed by atoms with Gasteiger partial charge in [-0.1, -0.05) is 28.1 Å². The lowest BCUT2D eigenvalue weighted by Crippen LogP contribution is -2.41. The third-order valence-corrected chi connectivity index (χ3v) is 4.43. The molecule has 2 N–H and O–H groups in total. The molecule has 1 atom stereocenters. The van der Waals surface area contributed by atoms with Crippen LogP contribution in [0.25, 0.3) is 0 Å². The number of benzene rings is 1. The van der Waals surface area contributed by atoms with Crippen molar-refractivity contribution in [3.05, 3.63) is 34.3 Å². The molecule has 0 saturated carbocycles. The molecular formula is C13H18BrClN2OS. The number of carbonyl (C=O) groups excluding carboxylic acids is 1. The van der Waals surface area contributed by atoms with Crippen LogP contribution in [0.5, 0.6) is 0 Å². The Morgan fingerprint density at radius 3 is 3.05 bits per heavy atom. The second-order valence-electron chi connectivity index (χ2n) is 4.34. The second-order valence-corrected chi connectivity index (χ2v) is 6.40. The molecular weight excluding hydrogens is 348 g/mol. The van der Waals surface area contributed by atoms with Gasteiger partial charge in [0.05, 0.1) is 0 Å². The fraction of sp³-hybridized carbons (Fsp3) is 0.462. The Labute approximate surface area is 132 Å². The van der Waals surface area contributed by atoms with E-state index in [1.807, 2.05) is 36.0 Å². The third-order valence-electron chi connectivity index (χ3n) is 2.81. The maximum Gasteiger partial charge on any atom is 0.221 e. The fourth-order valence-electron chi connectivity index (χ4n) is 1.89. The van der Waals surface area contributed by atoms with Gasteiger partial charge in [0.2, 0.25) is 5.91 Å². The van der Waals surface area contributed by atoms with E-state index in [4.69, 9.17) is 0 Å². The van der Waals surface area contributed by atoms with Crippen molar-refractivity contribution < 1.29 is 4.79 Å². The Bertz CT molecular complexity index is 413. The normalized spacial score (nSPS) is 18.5. The summed E-state index contributed by atoms with van der Waals surface area (Å²) in [5, 5.41) is 6.33. The first-order chi connectivity index (χ1) is 8.74. The van der Waals surface area contributed by atoms with Gasteiger partial charge in [-0.15, -0.1) is 12.4 Å². The molecule has 1 aromatic carbocycles. The van der Waals surface area contributed by atoms with Crippen LogP contribution in [0.4, 0.5) is 0 Å². The van der Waals surface area contributed by atoms with Crippen LogP contribution in [-0.2, 0) is 11.3 Å². The number of halogens is 2. The molecule has 0 aromatic heterocycles. The Kier molecular flexibility index (Phi) is 7.83. The smallest absolute Gasteiger partial charge is 0.221 e. The van der Waals surface area contributed by atoms with Gasteiger partial charge in [0, 0.05) is 41.5 Å². The third kappa shape index (κ3) is 6.17. The predicted molar refractivity (Wildman–Crippen MR) is 87.0 cm³/mol. The van der Waals surface area contributed by atoms with E-state index in [9.17, 15) is 4.79 Å². The van der Waals surface area contributed by atoms with Gasteiger partial charge in [0.25, 0.3) is 0 Å². The molecule has 1 aromatic rings. The number of nitrogens with one attached hydrogen (secondary N) is 2. The summed E-state index contributed by atoms with van der Waals surface area (Å²) < 4.78 is 1.04. The number of rotatable bonds is 4. The van der Waals surface area contributed by atoms with Crippen molar-refractivity contribution in [2.24, 2.45) is 0 Å². The standard InChI is InChI=1S/C13H17BrN2OS.ClH/c14-11-3-1-2-10(6-11)8-16-13(17)7-12-9-18-5-4-15-12;/h1-3,6,12,15H,4-5,7-9H2,(H,16,17);1H. The van der Waals surface area contributed by atoms with Crippen molar-refractivity contribution in [2.75, 3.05) is 18.1 Å². The SMILES string of the molecule is Cl.O=C(CC1CSCCN1)NCc1cccc(Br)c1. The molecule has 106 valence electrons. The summed E-state index contributed by atoms with van der Waals surface area (Å²) in [6, 6.07) is 8.32. The summed E-state index contributed by atoms with van der Waals surface area (Å²) in [6.45, 7) is 1.60. The quantitative estimate of drug-likeness (QED) is 0.861. The number of hydrogen-bond donors (Lipinski definition) is 2. The van der Waals surface area contributed by atoms with Crippen LogP contribution in [0.2, 0.25) is 0 Å². The minimum absolute atomic E-state index is 0. The lowest BCUT2D eigenvalue weighted by atomic mass is 10.2. The van der Waals surface area contributed by atoms with Gasteiger partial charge < -0.3 is 10.6 Å². The van der Waals surface area contributed by atoms with Crippen LogP contribution >= 0.6 is 40.1 Å². The first-order valence-corrected chi connectivity index (χ1v) is 8.01. The Morgan fingerprint density at radius 2 is 2.37 bits per heavy atom. The zero-order chi connectivity index (χ0) is 12.8. The van der Waals surface area contributed by atoms with Crippen molar-refractivity contribution in [3.8, 4) is 0 Å². The van der Waals surface area contributed by atoms with E-state index in [0.717, 1.165) is 28.1 Å². The maximum atomic E-state index is 11.8. The summed E-state index contributed by atoms with van der Waals surface area (Å²) in [5.74, 6) is 2.30. The van der Waals surface area contributed by atoms with Gasteiger partial charge in [-0.2, -0.15) is 11.8 Å². The second kappa shape index (κ2) is 8.84. The van der Waals surface area contributed by atoms with Crippen molar-refractivity contribution in [3.63, 3.8) is 0 Å². The van der Waals surface area contributed by atoms with Gasteiger partial charge in [0.1, 0.15) is 0 Å². The minimum Gasteiger partial charge on any atom is -0.352 e. The first kappa shape index (κ1) is 16.8. The predicted octanol–water partition coefficient (Wildman–Crippen LogP) is 2.58. The lowest BCUT2D eigenvalue weighted by Gasteiger charge is -2.22. The minimum atomic E-state index is 0. The average Bonchev–Trinajstić information content (AvgIpc) is 2.38. The van der Waals surface area contributed by atoms with E-state index in [1.165, 1.54) is 0 Å². The van der Waals surface area contributed by atoms with E-state index in [1.54, 1.807) is 0 Å². The van der Waals surface area contributed by atoms with Crippen LogP contribution in [0.15, 0.2) is 28.7 Å². The Balaban J connectivity index is 0.00000180. The molecule has 1 unspecified atom stereocenters. The molecule has 19 heavy (non-hydrogen) atoms. The summed E-state index contributed by atoms with van der Waals surface area (Å²) in [4.78, 5) is 11.8. The van der Waals surface area contributed by atoms with Gasteiger partial charge in [-0.05, 0) is 17.7 Å². The van der Waals surface area contributed by atoms with Crippen LogP contribution in [0.3, 0.4) is 0 Å². The Morgan fingerprint density at radius 1 is 1.53 bits per heavy atom. The molecule has 0 bridgehead atoms. The molecule has 6 heteroatoms. The van der Waals surface area contributed by atoms with E-state index in [-0.39, 0.29) is 18.3 Å². The summed E-state index contributed by atoms with van der Waals surface area (Å²) in [5.41, 5.74) is 1.11. The molecule has 3 nitrogen and oxygen atoms in total. The topological polar surface area (TPSA) is 41.1 Å². The fourth-order valence-corrected chi connectivity index (χ4v) is 3.29. The molecule has 0 radical (unpaired) electrons. The number of amides is 1. The summed E-state index contributed by atoms with van der Waals surface area (Å²) in [7, 11) is 0. The number of thioether (sulfide) groups is 1. The van der Waals surface area contributed by atoms with Crippen LogP contribution in [0, 0.1) is 0 Å². The highest BCUT2D eigenvalue weighted by Crippen LogP contribution is 2.12. The van der Waals surface area contributed by atoms with E-state index in [0.29, 0.717) is 19.0 Å². The van der Waals surface area contributed by atoms with Crippen molar-refractivity contribution >= 4 is 46.0 Å². The van der Waals surface area contributed by atoms with E-state index < -0.39 is 0 Å². The highest BCUT2D eigenvalue weighted by atomic mass is 79.9. The number of carbonyl (C=O) groups is 1. The Hall–Kier alpha value is -0.230. The van der Waals surface area contributed by atoms with Gasteiger partial charge in [-0.3, -0.25) is 4.79 Å². The lowest BCUT2D eigenvalue weighted by molar-refractivity contribution is -0.121. The first-order valence-electron chi connectivity index (χ1n) is 6.06. The van der Waals surface area contributed by atoms with E-state index in [2.05, 4.69) is 26.6 Å². The molecule has 1 aliphatic heterocycles. The summed E-state index contributed by atoms with van der Waals surface area (Å²) >= 11 is 5.34. The largest absolute Gasteiger partial charge is 0.352 e. The zero-order valence-electron chi connectivity index (χ0n) is 10.5. The van der Waals surface area contributed by atoms with Crippen molar-refractivity contribution in [2.45, 2.75) is 19.0 Å². The molecule has 1 aliphatic rings. The van der Waals surface area contributed by atoms with E-state index >= 15 is 0 Å². The summed E-state index contributed by atoms with van der Waals surface area (Å²) in [6.07, 6.45) is 0.570. The van der Waals surface area contributed by atoms with Crippen molar-refractivity contribution in [1.82, 2.24) is 10.6 Å². The molecule has 1 heterocycles. The molecule has 1 saturated heterocycles. The maximum absolute atomic E-state index is 11.8. The molecule has 1 fully saturated rings. The van der Waals surface area contributed by atoms with Crippen LogP contribution in [0.1, 0.15) is 12.0 Å². The van der Waals surface area contributed by atoms with Crippen molar-refractivity contribution in [1.29, 1.82) is 0 Å². The molecule has 0 spiro atoms. The van der Waals surface area contributed by atoms with Gasteiger partial charge >= 0.3 is 0 Å². The molecule has 2 rings (SSSR count). The van der Waals surface area contributed by atoms with Gasteiger partial charge in [-0.25, -0.2) is 0 Å². The van der Waals surface area contributed by atoms with Crippen LogP contribution in [-0.4, -0.2) is 30.0 Å². The molecule has 0 aliphatic carbocycles. The van der Waals surface area contributed by atoms with Gasteiger partial charge in [0.15, 0.2) is 0 Å². The monoisotopic (exact) mass is 364 g/mol. The zero-order valence-corrected chi connectivity index (χ0v) is 13.7. The molecule has 1 amide bonds. The highest BCUT2D eigenvalue weighted by molar-refractivity contribution is 9.10. The number of hydrogen-bond acceptors (Lipinski definition) is 3. The van der Waals surface area contributed by atoms with Crippen LogP contribution < -0.4 is 10.6 Å².